The molecule has 0 bridgehead atoms. The lowest BCUT2D eigenvalue weighted by atomic mass is 10.0. The maximum Gasteiger partial charge on any atom is 0.224 e. The van der Waals surface area contributed by atoms with E-state index in [2.05, 4.69) is 72.4 Å². The lowest BCUT2D eigenvalue weighted by Gasteiger charge is -2.22. The Kier molecular flexibility index (Phi) is 21.0. The van der Waals surface area contributed by atoms with Gasteiger partial charge in [0.1, 0.15) is 0 Å². The molecule has 2 aromatic rings. The number of anilines is 2. The van der Waals surface area contributed by atoms with Crippen molar-refractivity contribution in [3.63, 3.8) is 0 Å². The zero-order chi connectivity index (χ0) is 32.5. The van der Waals surface area contributed by atoms with Crippen LogP contribution in [-0.4, -0.2) is 60.9 Å². The number of hydrogen-bond donors (Lipinski definition) is 2. The van der Waals surface area contributed by atoms with E-state index in [4.69, 9.17) is 0 Å². The number of nitrogens with one attached hydrogen (secondary N) is 2. The maximum atomic E-state index is 12.7. The minimum atomic E-state index is 0.0790. The first-order valence-corrected chi connectivity index (χ1v) is 18.2. The molecule has 0 heterocycles. The van der Waals surface area contributed by atoms with E-state index in [0.29, 0.717) is 12.8 Å². The van der Waals surface area contributed by atoms with Crippen molar-refractivity contribution in [3.05, 3.63) is 59.7 Å². The Morgan fingerprint density at radius 3 is 1.29 bits per heavy atom. The van der Waals surface area contributed by atoms with E-state index >= 15 is 0 Å². The second-order valence-electron chi connectivity index (χ2n) is 12.7. The molecule has 0 saturated heterocycles. The molecule has 0 fully saturated rings. The molecular formula is C39H64N4O2. The summed E-state index contributed by atoms with van der Waals surface area (Å²) in [5.41, 5.74) is 3.95. The monoisotopic (exact) mass is 621 g/mol. The van der Waals surface area contributed by atoms with Gasteiger partial charge in [0.05, 0.1) is 0 Å². The molecule has 0 aliphatic rings. The fourth-order valence-electron chi connectivity index (χ4n) is 5.73. The second-order valence-corrected chi connectivity index (χ2v) is 12.7. The third-order valence-corrected chi connectivity index (χ3v) is 8.40. The normalized spacial score (nSPS) is 11.3. The molecule has 0 aliphatic carbocycles. The molecule has 45 heavy (non-hydrogen) atoms. The molecule has 2 N–H and O–H groups in total. The molecule has 0 aliphatic heterocycles. The fourth-order valence-corrected chi connectivity index (χ4v) is 5.73. The fraction of sp³-hybridized carbons (Fsp3) is 0.641. The first kappa shape index (κ1) is 38.5. The van der Waals surface area contributed by atoms with Crippen molar-refractivity contribution in [2.45, 2.75) is 124 Å². The number of carbonyl (C=O) groups excluding carboxylic acids is 2. The Bertz CT molecular complexity index is 989. The summed E-state index contributed by atoms with van der Waals surface area (Å²) in [4.78, 5) is 30.5. The molecule has 252 valence electrons. The van der Waals surface area contributed by atoms with Crippen LogP contribution in [0.4, 0.5) is 11.4 Å². The van der Waals surface area contributed by atoms with Crippen molar-refractivity contribution in [2.75, 3.05) is 49.9 Å². The van der Waals surface area contributed by atoms with Gasteiger partial charge in [-0.05, 0) is 120 Å². The average Bonchev–Trinajstić information content (AvgIpc) is 3.02. The van der Waals surface area contributed by atoms with Crippen molar-refractivity contribution in [1.29, 1.82) is 0 Å². The summed E-state index contributed by atoms with van der Waals surface area (Å²) in [6.45, 7) is 15.5. The molecule has 2 amide bonds. The average molecular weight is 621 g/mol. The van der Waals surface area contributed by atoms with Gasteiger partial charge < -0.3 is 20.4 Å². The van der Waals surface area contributed by atoms with E-state index in [0.717, 1.165) is 81.0 Å². The Balaban J connectivity index is 1.81. The van der Waals surface area contributed by atoms with Gasteiger partial charge in [-0.2, -0.15) is 0 Å². The van der Waals surface area contributed by atoms with E-state index in [-0.39, 0.29) is 11.8 Å². The topological polar surface area (TPSA) is 64.7 Å². The van der Waals surface area contributed by atoms with Gasteiger partial charge in [-0.25, -0.2) is 0 Å². The van der Waals surface area contributed by atoms with Crippen molar-refractivity contribution in [2.24, 2.45) is 0 Å². The molecule has 6 heteroatoms. The summed E-state index contributed by atoms with van der Waals surface area (Å²) in [7, 11) is 0. The van der Waals surface area contributed by atoms with Gasteiger partial charge in [-0.3, -0.25) is 9.59 Å². The van der Waals surface area contributed by atoms with Gasteiger partial charge in [0.2, 0.25) is 11.8 Å². The van der Waals surface area contributed by atoms with Crippen LogP contribution in [-0.2, 0) is 16.0 Å². The number of rotatable bonds is 26. The Labute approximate surface area is 275 Å². The van der Waals surface area contributed by atoms with Crippen LogP contribution >= 0.6 is 0 Å². The lowest BCUT2D eigenvalue weighted by Crippen LogP contribution is -2.28. The molecule has 2 rings (SSSR count). The van der Waals surface area contributed by atoms with Crippen LogP contribution in [0.5, 0.6) is 0 Å². The first-order valence-electron chi connectivity index (χ1n) is 18.2. The zero-order valence-electron chi connectivity index (χ0n) is 29.2. The standard InChI is InChI=1S/C39H64N4O2/c1-5-9-13-27-42(25-11-7-3)29-17-23-38(44)40-36-21-15-19-34(32-36)31-35-20-16-22-37(33-35)41-39(45)24-18-30-43(26-12-8-4)28-14-10-6-2/h15-16,19-22,32-33H,5-14,17-18,23-31H2,1-4H3,(H,40,44)(H,41,45). The van der Waals surface area contributed by atoms with E-state index in [1.54, 1.807) is 0 Å². The van der Waals surface area contributed by atoms with Crippen molar-refractivity contribution in [3.8, 4) is 0 Å². The van der Waals surface area contributed by atoms with Crippen LogP contribution in [0.1, 0.15) is 129 Å². The van der Waals surface area contributed by atoms with Crippen LogP contribution in [0, 0.1) is 0 Å². The highest BCUT2D eigenvalue weighted by atomic mass is 16.2. The molecule has 0 aromatic heterocycles. The highest BCUT2D eigenvalue weighted by Gasteiger charge is 2.10. The quantitative estimate of drug-likeness (QED) is 0.103. The zero-order valence-corrected chi connectivity index (χ0v) is 29.2. The number of hydrogen-bond acceptors (Lipinski definition) is 4. The predicted molar refractivity (Wildman–Crippen MR) is 193 cm³/mol. The van der Waals surface area contributed by atoms with Gasteiger partial charge >= 0.3 is 0 Å². The smallest absolute Gasteiger partial charge is 0.224 e. The van der Waals surface area contributed by atoms with Crippen LogP contribution < -0.4 is 10.6 Å². The third-order valence-electron chi connectivity index (χ3n) is 8.40. The molecular weight excluding hydrogens is 556 g/mol. The highest BCUT2D eigenvalue weighted by Crippen LogP contribution is 2.18. The van der Waals surface area contributed by atoms with Gasteiger partial charge in [0, 0.05) is 24.2 Å². The number of unbranched alkanes of at least 4 members (excludes halogenated alkanes) is 6. The molecule has 0 atom stereocenters. The molecule has 0 radical (unpaired) electrons. The Morgan fingerprint density at radius 2 is 0.889 bits per heavy atom. The Hall–Kier alpha value is -2.70. The van der Waals surface area contributed by atoms with Crippen LogP contribution in [0.2, 0.25) is 0 Å². The summed E-state index contributed by atoms with van der Waals surface area (Å²) >= 11 is 0. The summed E-state index contributed by atoms with van der Waals surface area (Å²) < 4.78 is 0. The van der Waals surface area contributed by atoms with E-state index in [1.165, 1.54) is 64.2 Å². The minimum absolute atomic E-state index is 0.0790. The van der Waals surface area contributed by atoms with Gasteiger partial charge in [0.25, 0.3) is 0 Å². The molecule has 0 saturated carbocycles. The summed E-state index contributed by atoms with van der Waals surface area (Å²) in [6, 6.07) is 16.2. The van der Waals surface area contributed by atoms with Crippen molar-refractivity contribution < 1.29 is 9.59 Å². The second kappa shape index (κ2) is 24.5. The largest absolute Gasteiger partial charge is 0.326 e. The molecule has 2 aromatic carbocycles. The Morgan fingerprint density at radius 1 is 0.511 bits per heavy atom. The van der Waals surface area contributed by atoms with E-state index in [9.17, 15) is 9.59 Å². The molecule has 0 unspecified atom stereocenters. The summed E-state index contributed by atoms with van der Waals surface area (Å²) in [5, 5.41) is 6.22. The predicted octanol–water partition coefficient (Wildman–Crippen LogP) is 9.30. The number of amides is 2. The molecule has 0 spiro atoms. The van der Waals surface area contributed by atoms with E-state index in [1.807, 2.05) is 24.3 Å². The van der Waals surface area contributed by atoms with Crippen LogP contribution in [0.15, 0.2) is 48.5 Å². The first-order chi connectivity index (χ1) is 22.0. The van der Waals surface area contributed by atoms with Crippen molar-refractivity contribution >= 4 is 23.2 Å². The summed E-state index contributed by atoms with van der Waals surface area (Å²) in [5.74, 6) is 0.158. The number of benzene rings is 2. The summed E-state index contributed by atoms with van der Waals surface area (Å²) in [6.07, 6.45) is 15.9. The SMILES string of the molecule is CCCCCN(CCCC)CCCC(=O)Nc1cccc(Cc2cccc(NC(=O)CCCN(CCCC)CCCCC)c2)c1. The minimum Gasteiger partial charge on any atom is -0.326 e. The van der Waals surface area contributed by atoms with Crippen molar-refractivity contribution in [1.82, 2.24) is 9.80 Å². The lowest BCUT2D eigenvalue weighted by molar-refractivity contribution is -0.117. The maximum absolute atomic E-state index is 12.7. The van der Waals surface area contributed by atoms with E-state index < -0.39 is 0 Å². The number of carbonyl (C=O) groups is 2. The van der Waals surface area contributed by atoms with Gasteiger partial charge in [-0.15, -0.1) is 0 Å². The van der Waals surface area contributed by atoms with Gasteiger partial charge in [0.15, 0.2) is 0 Å². The highest BCUT2D eigenvalue weighted by molar-refractivity contribution is 5.91. The molecule has 6 nitrogen and oxygen atoms in total. The third kappa shape index (κ3) is 18.1. The van der Waals surface area contributed by atoms with Crippen LogP contribution in [0.3, 0.4) is 0 Å². The van der Waals surface area contributed by atoms with Gasteiger partial charge in [-0.1, -0.05) is 90.5 Å². The van der Waals surface area contributed by atoms with Crippen LogP contribution in [0.25, 0.3) is 0 Å². The number of nitrogens with zero attached hydrogens (tertiary/aromatic N) is 2.